The van der Waals surface area contributed by atoms with Gasteiger partial charge in [0.2, 0.25) is 5.88 Å². The number of aromatic nitrogens is 3. The van der Waals surface area contributed by atoms with Crippen LogP contribution in [0, 0.1) is 5.92 Å². The first-order valence-corrected chi connectivity index (χ1v) is 7.55. The molecule has 120 valence electrons. The minimum atomic E-state index is -0.594. The maximum atomic E-state index is 12.3. The molecule has 0 aliphatic heterocycles. The van der Waals surface area contributed by atoms with Gasteiger partial charge in [0.25, 0.3) is 0 Å². The fraction of sp³-hybridized carbons (Fsp3) is 0.294. The van der Waals surface area contributed by atoms with Gasteiger partial charge in [-0.25, -0.2) is 4.98 Å². The molecule has 0 amide bonds. The van der Waals surface area contributed by atoms with Gasteiger partial charge in [0.1, 0.15) is 11.4 Å². The predicted octanol–water partition coefficient (Wildman–Crippen LogP) is 2.46. The summed E-state index contributed by atoms with van der Waals surface area (Å²) in [5.74, 6) is -0.115. The molecule has 3 aromatic rings. The van der Waals surface area contributed by atoms with Crippen LogP contribution in [0.5, 0.6) is 5.88 Å². The van der Waals surface area contributed by atoms with Crippen LogP contribution in [0.4, 0.5) is 0 Å². The smallest absolute Gasteiger partial charge is 0.305 e. The maximum Gasteiger partial charge on any atom is 0.305 e. The van der Waals surface area contributed by atoms with Crippen LogP contribution in [0.15, 0.2) is 35.3 Å². The molecular weight excluding hydrogens is 294 g/mol. The third-order valence-electron chi connectivity index (χ3n) is 3.83. The average molecular weight is 313 g/mol. The molecule has 3 N–H and O–H groups in total. The summed E-state index contributed by atoms with van der Waals surface area (Å²) in [5, 5.41) is 21.1. The predicted molar refractivity (Wildman–Crippen MR) is 87.0 cm³/mol. The molecule has 0 saturated heterocycles. The Morgan fingerprint density at radius 3 is 2.78 bits per heavy atom. The fourth-order valence-electron chi connectivity index (χ4n) is 2.72. The number of aromatic hydroxyl groups is 1. The molecule has 0 bridgehead atoms. The lowest BCUT2D eigenvalue weighted by Gasteiger charge is -2.11. The van der Waals surface area contributed by atoms with E-state index in [1.807, 2.05) is 44.3 Å². The Kier molecular flexibility index (Phi) is 3.82. The highest BCUT2D eigenvalue weighted by Crippen LogP contribution is 2.21. The summed E-state index contributed by atoms with van der Waals surface area (Å²) < 4.78 is 0.520. The van der Waals surface area contributed by atoms with Crippen molar-refractivity contribution in [2.75, 3.05) is 0 Å². The molecule has 0 unspecified atom stereocenters. The van der Waals surface area contributed by atoms with Gasteiger partial charge < -0.3 is 15.3 Å². The third-order valence-corrected chi connectivity index (χ3v) is 3.83. The number of hydrogen-bond donors (Lipinski definition) is 3. The normalized spacial score (nSPS) is 11.4. The van der Waals surface area contributed by atoms with Crippen molar-refractivity contribution in [3.63, 3.8) is 0 Å². The van der Waals surface area contributed by atoms with Crippen LogP contribution in [0.2, 0.25) is 0 Å². The van der Waals surface area contributed by atoms with Crippen molar-refractivity contribution >= 4 is 10.9 Å². The Morgan fingerprint density at radius 2 is 2.04 bits per heavy atom. The molecule has 0 saturated carbocycles. The van der Waals surface area contributed by atoms with E-state index in [1.54, 1.807) is 0 Å². The minimum absolute atomic E-state index is 0.113. The largest absolute Gasteiger partial charge is 0.492 e. The molecule has 1 aromatic carbocycles. The van der Waals surface area contributed by atoms with Crippen molar-refractivity contribution in [2.24, 2.45) is 5.92 Å². The molecule has 6 heteroatoms. The molecule has 3 rings (SSSR count). The number of aromatic amines is 1. The highest BCUT2D eigenvalue weighted by Gasteiger charge is 2.18. The number of hydrogen-bond acceptors (Lipinski definition) is 4. The number of fused-ring (bicyclic) bond motifs is 1. The molecule has 6 nitrogen and oxygen atoms in total. The van der Waals surface area contributed by atoms with Crippen LogP contribution >= 0.6 is 0 Å². The maximum absolute atomic E-state index is 12.3. The number of nitrogens with one attached hydrogen (secondary N) is 1. The highest BCUT2D eigenvalue weighted by molar-refractivity contribution is 5.83. The standard InChI is InChI=1S/C17H19N3O3/c1-10(2)7-15-16(21)19-14(17(22)20(15)23)8-11-9-18-13-6-4-3-5-12(11)13/h3-6,9-10,18,21,23H,7-8H2,1-2H3. The Morgan fingerprint density at radius 1 is 1.30 bits per heavy atom. The lowest BCUT2D eigenvalue weighted by Crippen LogP contribution is -2.27. The van der Waals surface area contributed by atoms with Crippen LogP contribution in [0.1, 0.15) is 30.8 Å². The zero-order valence-electron chi connectivity index (χ0n) is 13.1. The van der Waals surface area contributed by atoms with E-state index in [0.29, 0.717) is 11.2 Å². The second-order valence-corrected chi connectivity index (χ2v) is 6.08. The molecule has 0 aliphatic carbocycles. The molecular formula is C17H19N3O3. The lowest BCUT2D eigenvalue weighted by molar-refractivity contribution is 0.155. The van der Waals surface area contributed by atoms with Gasteiger partial charge in [-0.15, -0.1) is 4.73 Å². The first-order chi connectivity index (χ1) is 11.0. The van der Waals surface area contributed by atoms with E-state index in [1.165, 1.54) is 0 Å². The summed E-state index contributed by atoms with van der Waals surface area (Å²) in [5.41, 5.74) is 1.52. The minimum Gasteiger partial charge on any atom is -0.492 e. The van der Waals surface area contributed by atoms with Gasteiger partial charge in [-0.1, -0.05) is 32.0 Å². The number of para-hydroxylation sites is 1. The molecule has 0 radical (unpaired) electrons. The SMILES string of the molecule is CC(C)Cc1c(O)nc(Cc2c[nH]c3ccccc23)c(=O)n1O. The zero-order chi connectivity index (χ0) is 16.6. The summed E-state index contributed by atoms with van der Waals surface area (Å²) in [6.07, 6.45) is 2.42. The lowest BCUT2D eigenvalue weighted by atomic mass is 10.1. The summed E-state index contributed by atoms with van der Waals surface area (Å²) in [7, 11) is 0. The van der Waals surface area contributed by atoms with Gasteiger partial charge in [-0.2, -0.15) is 0 Å². The van der Waals surface area contributed by atoms with Gasteiger partial charge in [-0.05, 0) is 24.0 Å². The molecule has 2 aromatic heterocycles. The topological polar surface area (TPSA) is 91.1 Å². The third kappa shape index (κ3) is 2.79. The quantitative estimate of drug-likeness (QED) is 0.645. The van der Waals surface area contributed by atoms with Crippen LogP contribution < -0.4 is 5.56 Å². The van der Waals surface area contributed by atoms with E-state index >= 15 is 0 Å². The Bertz CT molecular complexity index is 909. The molecule has 2 heterocycles. The summed E-state index contributed by atoms with van der Waals surface area (Å²) in [6.45, 7) is 3.87. The number of rotatable bonds is 4. The molecule has 0 spiro atoms. The Labute approximate surface area is 133 Å². The zero-order valence-corrected chi connectivity index (χ0v) is 13.1. The molecule has 0 aliphatic rings. The van der Waals surface area contributed by atoms with Crippen LogP contribution in [0.25, 0.3) is 10.9 Å². The van der Waals surface area contributed by atoms with E-state index in [9.17, 15) is 15.1 Å². The Balaban J connectivity index is 2.02. The molecule has 23 heavy (non-hydrogen) atoms. The van der Waals surface area contributed by atoms with Crippen molar-refractivity contribution in [3.8, 4) is 5.88 Å². The highest BCUT2D eigenvalue weighted by atomic mass is 16.5. The number of nitrogens with zero attached hydrogens (tertiary/aromatic N) is 2. The second-order valence-electron chi connectivity index (χ2n) is 6.08. The first-order valence-electron chi connectivity index (χ1n) is 7.55. The van der Waals surface area contributed by atoms with E-state index in [4.69, 9.17) is 0 Å². The fourth-order valence-corrected chi connectivity index (χ4v) is 2.72. The van der Waals surface area contributed by atoms with Gasteiger partial charge in [0, 0.05) is 23.5 Å². The van der Waals surface area contributed by atoms with Crippen molar-refractivity contribution in [1.29, 1.82) is 0 Å². The van der Waals surface area contributed by atoms with Gasteiger partial charge in [-0.3, -0.25) is 4.79 Å². The van der Waals surface area contributed by atoms with Gasteiger partial charge >= 0.3 is 5.56 Å². The van der Waals surface area contributed by atoms with Crippen molar-refractivity contribution in [3.05, 3.63) is 57.8 Å². The first kappa shape index (κ1) is 15.1. The summed E-state index contributed by atoms with van der Waals surface area (Å²) in [4.78, 5) is 19.5. The molecule has 0 atom stereocenters. The summed E-state index contributed by atoms with van der Waals surface area (Å²) >= 11 is 0. The average Bonchev–Trinajstić information content (AvgIpc) is 2.92. The van der Waals surface area contributed by atoms with E-state index in [-0.39, 0.29) is 29.6 Å². The van der Waals surface area contributed by atoms with Gasteiger partial charge in [0.15, 0.2) is 0 Å². The summed E-state index contributed by atoms with van der Waals surface area (Å²) in [6, 6.07) is 7.74. The van der Waals surface area contributed by atoms with Gasteiger partial charge in [0.05, 0.1) is 0 Å². The van der Waals surface area contributed by atoms with Crippen molar-refractivity contribution in [1.82, 2.24) is 14.7 Å². The second kappa shape index (κ2) is 5.79. The van der Waals surface area contributed by atoms with Crippen molar-refractivity contribution < 1.29 is 10.3 Å². The van der Waals surface area contributed by atoms with Crippen LogP contribution in [-0.4, -0.2) is 25.0 Å². The Hall–Kier alpha value is -2.76. The number of benzene rings is 1. The van der Waals surface area contributed by atoms with E-state index < -0.39 is 5.56 Å². The van der Waals surface area contributed by atoms with Crippen molar-refractivity contribution in [2.45, 2.75) is 26.7 Å². The number of H-pyrrole nitrogens is 1. The van der Waals surface area contributed by atoms with E-state index in [0.717, 1.165) is 16.5 Å². The van der Waals surface area contributed by atoms with Crippen LogP contribution in [-0.2, 0) is 12.8 Å². The molecule has 0 fully saturated rings. The van der Waals surface area contributed by atoms with Crippen LogP contribution in [0.3, 0.4) is 0 Å². The monoisotopic (exact) mass is 313 g/mol. The van der Waals surface area contributed by atoms with E-state index in [2.05, 4.69) is 9.97 Å².